The summed E-state index contributed by atoms with van der Waals surface area (Å²) in [6.45, 7) is 0. The van der Waals surface area contributed by atoms with Crippen molar-refractivity contribution in [2.75, 3.05) is 12.0 Å². The summed E-state index contributed by atoms with van der Waals surface area (Å²) in [6, 6.07) is 9.40. The molecule has 2 N–H and O–H groups in total. The highest BCUT2D eigenvalue weighted by atomic mass is 32.2. The van der Waals surface area contributed by atoms with E-state index in [0.29, 0.717) is 6.42 Å². The summed E-state index contributed by atoms with van der Waals surface area (Å²) in [4.78, 5) is 44.3. The number of carbonyl (C=O) groups excluding carboxylic acids is 2. The standard InChI is InChI=1S/C27H21F3N2O5S2/c1-37-16-7-10(5-6-15(16)33)17-18-13-9-14(21(18)38-23-22(17)39-26(36)31-23)20-19(13)24(34)32(25(20)35)12-4-2-3-11(8-12)27(28,29)30/h2-8,13-14,17-21,33H,9H2,1H3,(H,31,36)/t13-,14-,17?,18?,19?,20?,21?/m1/s1. The van der Waals surface area contributed by atoms with Gasteiger partial charge in [-0.15, -0.1) is 11.8 Å². The Bertz CT molecular complexity index is 1600. The number of phenols is 1. The van der Waals surface area contributed by atoms with Crippen LogP contribution in [0.25, 0.3) is 0 Å². The zero-order valence-electron chi connectivity index (χ0n) is 20.3. The number of rotatable bonds is 3. The van der Waals surface area contributed by atoms with Gasteiger partial charge in [-0.1, -0.05) is 23.5 Å². The summed E-state index contributed by atoms with van der Waals surface area (Å²) in [6.07, 6.45) is -3.95. The molecule has 4 aliphatic rings. The molecule has 0 radical (unpaired) electrons. The van der Waals surface area contributed by atoms with E-state index in [9.17, 15) is 32.7 Å². The van der Waals surface area contributed by atoms with E-state index in [0.717, 1.165) is 43.8 Å². The van der Waals surface area contributed by atoms with Crippen molar-refractivity contribution in [3.05, 3.63) is 68.1 Å². The van der Waals surface area contributed by atoms with Crippen molar-refractivity contribution >= 4 is 40.6 Å². The third-order valence-electron chi connectivity index (χ3n) is 8.72. The Kier molecular flexibility index (Phi) is 5.32. The molecule has 2 amide bonds. The number of anilines is 1. The monoisotopic (exact) mass is 574 g/mol. The Hall–Kier alpha value is -3.25. The number of benzene rings is 2. The molecule has 1 saturated heterocycles. The van der Waals surface area contributed by atoms with Crippen LogP contribution in [0.5, 0.6) is 11.5 Å². The maximum atomic E-state index is 13.8. The lowest BCUT2D eigenvalue weighted by atomic mass is 9.68. The molecule has 3 fully saturated rings. The molecule has 12 heteroatoms. The van der Waals surface area contributed by atoms with Gasteiger partial charge in [-0.3, -0.25) is 19.3 Å². The second-order valence-corrected chi connectivity index (χ2v) is 12.7. The average molecular weight is 575 g/mol. The lowest BCUT2D eigenvalue weighted by Gasteiger charge is -2.43. The molecule has 2 saturated carbocycles. The van der Waals surface area contributed by atoms with E-state index < -0.39 is 35.4 Å². The minimum atomic E-state index is -4.60. The number of thiazole rings is 1. The van der Waals surface area contributed by atoms with Crippen LogP contribution in [0.4, 0.5) is 18.9 Å². The third-order valence-corrected chi connectivity index (χ3v) is 11.3. The molecule has 39 heavy (non-hydrogen) atoms. The van der Waals surface area contributed by atoms with Crippen LogP contribution in [0.3, 0.4) is 0 Å². The van der Waals surface area contributed by atoms with Crippen LogP contribution in [-0.2, 0) is 15.8 Å². The van der Waals surface area contributed by atoms with Gasteiger partial charge in [0.1, 0.15) is 0 Å². The van der Waals surface area contributed by atoms with Gasteiger partial charge in [0.2, 0.25) is 11.8 Å². The van der Waals surface area contributed by atoms with Gasteiger partial charge in [-0.2, -0.15) is 13.2 Å². The molecule has 7 rings (SSSR count). The highest BCUT2D eigenvalue weighted by molar-refractivity contribution is 8.00. The number of aromatic amines is 1. The maximum absolute atomic E-state index is 13.8. The first-order valence-corrected chi connectivity index (χ1v) is 14.1. The minimum absolute atomic E-state index is 0.0215. The van der Waals surface area contributed by atoms with Gasteiger partial charge in [0.25, 0.3) is 0 Å². The lowest BCUT2D eigenvalue weighted by molar-refractivity contribution is -0.137. The number of ether oxygens (including phenoxy) is 1. The van der Waals surface area contributed by atoms with E-state index in [2.05, 4.69) is 4.98 Å². The fraction of sp³-hybridized carbons (Fsp3) is 0.370. The van der Waals surface area contributed by atoms with E-state index in [1.54, 1.807) is 12.1 Å². The first kappa shape index (κ1) is 24.8. The van der Waals surface area contributed by atoms with E-state index in [-0.39, 0.29) is 51.0 Å². The maximum Gasteiger partial charge on any atom is 0.416 e. The molecular formula is C27H21F3N2O5S2. The first-order valence-electron chi connectivity index (χ1n) is 12.4. The van der Waals surface area contributed by atoms with Crippen molar-refractivity contribution in [3.8, 4) is 11.5 Å². The Labute approximate surface area is 228 Å². The van der Waals surface area contributed by atoms with Crippen molar-refractivity contribution in [3.63, 3.8) is 0 Å². The molecule has 5 unspecified atom stereocenters. The Morgan fingerprint density at radius 1 is 1.05 bits per heavy atom. The summed E-state index contributed by atoms with van der Waals surface area (Å²) in [5.74, 6) is -2.63. The molecule has 2 aliphatic carbocycles. The second-order valence-electron chi connectivity index (χ2n) is 10.5. The molecule has 7 nitrogen and oxygen atoms in total. The number of fused-ring (bicyclic) bond motifs is 9. The van der Waals surface area contributed by atoms with E-state index in [1.807, 2.05) is 0 Å². The minimum Gasteiger partial charge on any atom is -0.504 e. The summed E-state index contributed by atoms with van der Waals surface area (Å²) in [5.41, 5.74) is -0.154. The Morgan fingerprint density at radius 2 is 1.79 bits per heavy atom. The van der Waals surface area contributed by atoms with Crippen LogP contribution in [0.2, 0.25) is 0 Å². The van der Waals surface area contributed by atoms with Gasteiger partial charge in [0, 0.05) is 16.0 Å². The number of amides is 2. The number of H-pyrrole nitrogens is 1. The van der Waals surface area contributed by atoms with Crippen LogP contribution >= 0.6 is 23.1 Å². The second kappa shape index (κ2) is 8.37. The third kappa shape index (κ3) is 3.46. The number of methoxy groups -OCH3 is 1. The van der Waals surface area contributed by atoms with Gasteiger partial charge in [-0.25, -0.2) is 0 Å². The molecule has 3 aromatic rings. The Balaban J connectivity index is 1.31. The van der Waals surface area contributed by atoms with Crippen LogP contribution in [-0.4, -0.2) is 34.3 Å². The van der Waals surface area contributed by atoms with Crippen molar-refractivity contribution in [1.29, 1.82) is 0 Å². The fourth-order valence-electron chi connectivity index (χ4n) is 7.35. The number of aromatic nitrogens is 1. The largest absolute Gasteiger partial charge is 0.504 e. The van der Waals surface area contributed by atoms with Crippen molar-refractivity contribution in [2.45, 2.75) is 28.8 Å². The number of hydrogen-bond acceptors (Lipinski definition) is 7. The summed E-state index contributed by atoms with van der Waals surface area (Å²) >= 11 is 2.63. The lowest BCUT2D eigenvalue weighted by Crippen LogP contribution is -2.42. The summed E-state index contributed by atoms with van der Waals surface area (Å²) < 4.78 is 45.5. The molecule has 3 heterocycles. The van der Waals surface area contributed by atoms with Crippen molar-refractivity contribution in [2.24, 2.45) is 29.6 Å². The predicted octanol–water partition coefficient (Wildman–Crippen LogP) is 4.85. The molecule has 1 aromatic heterocycles. The molecule has 2 aliphatic heterocycles. The van der Waals surface area contributed by atoms with Crippen LogP contribution < -0.4 is 14.5 Å². The molecule has 202 valence electrons. The normalized spacial score (nSPS) is 30.9. The Morgan fingerprint density at radius 3 is 2.51 bits per heavy atom. The van der Waals surface area contributed by atoms with Gasteiger partial charge >= 0.3 is 11.0 Å². The number of aromatic hydroxyl groups is 1. The van der Waals surface area contributed by atoms with Gasteiger partial charge in [-0.05, 0) is 60.1 Å². The van der Waals surface area contributed by atoms with Crippen LogP contribution in [0.1, 0.15) is 28.3 Å². The highest BCUT2D eigenvalue weighted by Crippen LogP contribution is 2.68. The number of nitrogens with one attached hydrogen (secondary N) is 1. The van der Waals surface area contributed by atoms with Gasteiger partial charge in [0.15, 0.2) is 11.5 Å². The molecule has 2 aromatic carbocycles. The summed E-state index contributed by atoms with van der Waals surface area (Å²) in [7, 11) is 1.45. The topological polar surface area (TPSA) is 99.7 Å². The molecule has 0 spiro atoms. The first-order chi connectivity index (χ1) is 18.6. The van der Waals surface area contributed by atoms with Crippen molar-refractivity contribution in [1.82, 2.24) is 4.98 Å². The fourth-order valence-corrected chi connectivity index (χ4v) is 10.2. The molecule has 2 bridgehead atoms. The van der Waals surface area contributed by atoms with Crippen LogP contribution in [0, 0.1) is 29.6 Å². The number of thioether (sulfide) groups is 1. The highest BCUT2D eigenvalue weighted by Gasteiger charge is 2.69. The number of hydrogen-bond donors (Lipinski definition) is 2. The molecule has 7 atom stereocenters. The number of halogens is 3. The van der Waals surface area contributed by atoms with E-state index >= 15 is 0 Å². The van der Waals surface area contributed by atoms with E-state index in [1.165, 1.54) is 37.1 Å². The number of nitrogens with zero attached hydrogens (tertiary/aromatic N) is 1. The summed E-state index contributed by atoms with van der Waals surface area (Å²) in [5, 5.41) is 10.8. The number of alkyl halides is 3. The smallest absolute Gasteiger partial charge is 0.416 e. The average Bonchev–Trinajstić information content (AvgIpc) is 3.63. The van der Waals surface area contributed by atoms with Gasteiger partial charge < -0.3 is 14.8 Å². The SMILES string of the molecule is COc1cc(C2c3sc(=O)[nH]c3SC3C2[C@H]2C[C@@H]3C3C(=O)N(c4cccc(C(F)(F)F)c4)C(=O)C32)ccc1O. The number of phenolic OH excluding ortho intramolecular Hbond substituents is 1. The van der Waals surface area contributed by atoms with E-state index in [4.69, 9.17) is 4.74 Å². The predicted molar refractivity (Wildman–Crippen MR) is 137 cm³/mol. The number of carbonyl (C=O) groups is 2. The van der Waals surface area contributed by atoms with Crippen LogP contribution in [0.15, 0.2) is 52.3 Å². The van der Waals surface area contributed by atoms with Gasteiger partial charge in [0.05, 0.1) is 35.2 Å². The number of imide groups is 1. The quantitative estimate of drug-likeness (QED) is 0.434. The van der Waals surface area contributed by atoms with Crippen molar-refractivity contribution < 1.29 is 32.6 Å². The zero-order chi connectivity index (χ0) is 27.4. The zero-order valence-corrected chi connectivity index (χ0v) is 21.9. The molecular weight excluding hydrogens is 553 g/mol.